The van der Waals surface area contributed by atoms with Crippen molar-refractivity contribution in [1.82, 2.24) is 19.9 Å². The predicted molar refractivity (Wildman–Crippen MR) is 93.8 cm³/mol. The zero-order chi connectivity index (χ0) is 16.1. The Morgan fingerprint density at radius 1 is 1.26 bits per heavy atom. The lowest BCUT2D eigenvalue weighted by Crippen LogP contribution is -2.09. The molecule has 0 radical (unpaired) electrons. The third-order valence-corrected chi connectivity index (χ3v) is 4.89. The predicted octanol–water partition coefficient (Wildman–Crippen LogP) is 3.53. The van der Waals surface area contributed by atoms with Crippen molar-refractivity contribution < 1.29 is 0 Å². The van der Waals surface area contributed by atoms with E-state index in [-0.39, 0.29) is 5.56 Å². The Balaban J connectivity index is 1.69. The molecule has 0 aliphatic rings. The van der Waals surface area contributed by atoms with Crippen LogP contribution in [-0.4, -0.2) is 19.9 Å². The minimum Gasteiger partial charge on any atom is -0.301 e. The number of H-pyrrole nitrogens is 1. The summed E-state index contributed by atoms with van der Waals surface area (Å²) in [5.74, 6) is 0.669. The molecule has 3 aromatic heterocycles. The second-order valence-corrected chi connectivity index (χ2v) is 6.76. The number of rotatable bonds is 6. The van der Waals surface area contributed by atoms with Gasteiger partial charge < -0.3 is 4.98 Å². The Labute approximate surface area is 142 Å². The minimum absolute atomic E-state index is 0.0987. The van der Waals surface area contributed by atoms with Crippen molar-refractivity contribution in [3.8, 4) is 10.7 Å². The number of hydrogen-bond donors (Lipinski definition) is 1. The van der Waals surface area contributed by atoms with E-state index >= 15 is 0 Å². The van der Waals surface area contributed by atoms with E-state index in [1.165, 1.54) is 11.8 Å². The average molecular weight is 344 g/mol. The van der Waals surface area contributed by atoms with Gasteiger partial charge in [-0.1, -0.05) is 31.2 Å². The van der Waals surface area contributed by atoms with Crippen LogP contribution < -0.4 is 5.56 Å². The molecule has 0 atom stereocenters. The zero-order valence-electron chi connectivity index (χ0n) is 12.7. The highest BCUT2D eigenvalue weighted by Gasteiger charge is 2.07. The summed E-state index contributed by atoms with van der Waals surface area (Å²) in [6.07, 6.45) is 3.55. The number of thiazole rings is 1. The topological polar surface area (TPSA) is 71.5 Å². The van der Waals surface area contributed by atoms with Crippen molar-refractivity contribution in [3.63, 3.8) is 0 Å². The molecule has 23 heavy (non-hydrogen) atoms. The SMILES string of the molecule is CCCc1cc(=O)[nH]c(SCc2csc(-c3ccccn3)n2)n1. The monoisotopic (exact) mass is 344 g/mol. The summed E-state index contributed by atoms with van der Waals surface area (Å²) in [4.78, 5) is 27.8. The van der Waals surface area contributed by atoms with Crippen LogP contribution in [0.25, 0.3) is 10.7 Å². The molecule has 5 nitrogen and oxygen atoms in total. The Morgan fingerprint density at radius 3 is 2.96 bits per heavy atom. The lowest BCUT2D eigenvalue weighted by molar-refractivity contribution is 0.815. The molecule has 0 fully saturated rings. The average Bonchev–Trinajstić information content (AvgIpc) is 3.03. The molecule has 3 heterocycles. The number of aromatic nitrogens is 4. The van der Waals surface area contributed by atoms with Crippen molar-refractivity contribution >= 4 is 23.1 Å². The van der Waals surface area contributed by atoms with Gasteiger partial charge in [-0.3, -0.25) is 9.78 Å². The maximum Gasteiger partial charge on any atom is 0.251 e. The van der Waals surface area contributed by atoms with Crippen molar-refractivity contribution in [3.05, 3.63) is 57.6 Å². The van der Waals surface area contributed by atoms with Crippen LogP contribution >= 0.6 is 23.1 Å². The molecule has 118 valence electrons. The third-order valence-electron chi connectivity index (χ3n) is 3.07. The number of thioether (sulfide) groups is 1. The van der Waals surface area contributed by atoms with Gasteiger partial charge in [0.15, 0.2) is 5.16 Å². The van der Waals surface area contributed by atoms with Gasteiger partial charge in [0.25, 0.3) is 5.56 Å². The van der Waals surface area contributed by atoms with Crippen LogP contribution in [0, 0.1) is 0 Å². The van der Waals surface area contributed by atoms with Gasteiger partial charge in [0.05, 0.1) is 11.4 Å². The normalized spacial score (nSPS) is 10.8. The van der Waals surface area contributed by atoms with E-state index in [9.17, 15) is 4.79 Å². The second kappa shape index (κ2) is 7.52. The number of nitrogens with one attached hydrogen (secondary N) is 1. The fourth-order valence-corrected chi connectivity index (χ4v) is 3.75. The lowest BCUT2D eigenvalue weighted by atomic mass is 10.2. The van der Waals surface area contributed by atoms with E-state index < -0.39 is 0 Å². The molecule has 0 spiro atoms. The molecule has 0 aliphatic carbocycles. The molecule has 0 saturated heterocycles. The van der Waals surface area contributed by atoms with Gasteiger partial charge in [0, 0.05) is 29.1 Å². The van der Waals surface area contributed by atoms with Crippen LogP contribution in [0.1, 0.15) is 24.7 Å². The van der Waals surface area contributed by atoms with Gasteiger partial charge in [-0.15, -0.1) is 11.3 Å². The van der Waals surface area contributed by atoms with Crippen LogP contribution in [-0.2, 0) is 12.2 Å². The highest BCUT2D eigenvalue weighted by molar-refractivity contribution is 7.98. The fraction of sp³-hybridized carbons (Fsp3) is 0.250. The Kier molecular flexibility index (Phi) is 5.19. The minimum atomic E-state index is -0.0987. The molecular weight excluding hydrogens is 328 g/mol. The third kappa shape index (κ3) is 4.27. The molecule has 0 unspecified atom stereocenters. The molecule has 0 aromatic carbocycles. The fourth-order valence-electron chi connectivity index (χ4n) is 2.06. The van der Waals surface area contributed by atoms with Gasteiger partial charge in [0.1, 0.15) is 5.01 Å². The first-order chi connectivity index (χ1) is 11.2. The van der Waals surface area contributed by atoms with E-state index in [0.717, 1.165) is 34.9 Å². The highest BCUT2D eigenvalue weighted by atomic mass is 32.2. The molecule has 3 aromatic rings. The molecular formula is C16H16N4OS2. The van der Waals surface area contributed by atoms with Crippen molar-refractivity contribution in [2.24, 2.45) is 0 Å². The van der Waals surface area contributed by atoms with Crippen molar-refractivity contribution in [2.45, 2.75) is 30.7 Å². The summed E-state index contributed by atoms with van der Waals surface area (Å²) in [6, 6.07) is 7.35. The quantitative estimate of drug-likeness (QED) is 0.547. The second-order valence-electron chi connectivity index (χ2n) is 4.94. The van der Waals surface area contributed by atoms with Crippen LogP contribution in [0.15, 0.2) is 45.8 Å². The summed E-state index contributed by atoms with van der Waals surface area (Å²) < 4.78 is 0. The van der Waals surface area contributed by atoms with Gasteiger partial charge in [-0.05, 0) is 18.6 Å². The first kappa shape index (κ1) is 15.9. The number of aromatic amines is 1. The summed E-state index contributed by atoms with van der Waals surface area (Å²) >= 11 is 3.07. The molecule has 1 N–H and O–H groups in total. The number of nitrogens with zero attached hydrogens (tertiary/aromatic N) is 3. The van der Waals surface area contributed by atoms with Crippen LogP contribution in [0.4, 0.5) is 0 Å². The summed E-state index contributed by atoms with van der Waals surface area (Å²) in [6.45, 7) is 2.07. The van der Waals surface area contributed by atoms with E-state index in [1.54, 1.807) is 23.6 Å². The first-order valence-corrected chi connectivity index (χ1v) is 9.20. The number of pyridine rings is 1. The number of aryl methyl sites for hydroxylation is 1. The van der Waals surface area contributed by atoms with Crippen molar-refractivity contribution in [2.75, 3.05) is 0 Å². The Morgan fingerprint density at radius 2 is 2.17 bits per heavy atom. The summed E-state index contributed by atoms with van der Waals surface area (Å²) in [5, 5.41) is 3.57. The van der Waals surface area contributed by atoms with Gasteiger partial charge in [-0.2, -0.15) is 0 Å². The first-order valence-electron chi connectivity index (χ1n) is 7.33. The highest BCUT2D eigenvalue weighted by Crippen LogP contribution is 2.25. The smallest absolute Gasteiger partial charge is 0.251 e. The van der Waals surface area contributed by atoms with Gasteiger partial charge >= 0.3 is 0 Å². The molecule has 0 bridgehead atoms. The maximum atomic E-state index is 11.7. The Hall–Kier alpha value is -1.99. The lowest BCUT2D eigenvalue weighted by Gasteiger charge is -2.02. The maximum absolute atomic E-state index is 11.7. The van der Waals surface area contributed by atoms with E-state index in [2.05, 4.69) is 26.9 Å². The molecule has 0 amide bonds. The van der Waals surface area contributed by atoms with Crippen LogP contribution in [0.2, 0.25) is 0 Å². The van der Waals surface area contributed by atoms with Crippen LogP contribution in [0.5, 0.6) is 0 Å². The summed E-state index contributed by atoms with van der Waals surface area (Å²) in [7, 11) is 0. The molecule has 3 rings (SSSR count). The van der Waals surface area contributed by atoms with E-state index in [4.69, 9.17) is 0 Å². The van der Waals surface area contributed by atoms with Gasteiger partial charge in [0.2, 0.25) is 0 Å². The zero-order valence-corrected chi connectivity index (χ0v) is 14.3. The largest absolute Gasteiger partial charge is 0.301 e. The van der Waals surface area contributed by atoms with E-state index in [1.807, 2.05) is 23.6 Å². The Bertz CT molecular complexity index is 829. The van der Waals surface area contributed by atoms with Crippen LogP contribution in [0.3, 0.4) is 0 Å². The number of hydrogen-bond acceptors (Lipinski definition) is 6. The molecule has 0 saturated carbocycles. The molecule has 0 aliphatic heterocycles. The standard InChI is InChI=1S/C16H16N4OS2/c1-2-5-11-8-14(21)20-16(19-11)23-10-12-9-22-15(18-12)13-6-3-4-7-17-13/h3-4,6-9H,2,5,10H2,1H3,(H,19,20,21). The summed E-state index contributed by atoms with van der Waals surface area (Å²) in [5.41, 5.74) is 2.58. The van der Waals surface area contributed by atoms with E-state index in [0.29, 0.717) is 10.9 Å². The van der Waals surface area contributed by atoms with Crippen molar-refractivity contribution in [1.29, 1.82) is 0 Å². The molecule has 7 heteroatoms. The van der Waals surface area contributed by atoms with Gasteiger partial charge in [-0.25, -0.2) is 9.97 Å².